The number of hydrogen-bond donors (Lipinski definition) is 1. The van der Waals surface area contributed by atoms with Gasteiger partial charge in [-0.15, -0.1) is 0 Å². The van der Waals surface area contributed by atoms with Crippen molar-refractivity contribution >= 4 is 21.6 Å². The first kappa shape index (κ1) is 19.3. The Morgan fingerprint density at radius 2 is 1.76 bits per heavy atom. The lowest BCUT2D eigenvalue weighted by Crippen LogP contribution is -2.29. The number of fused-ring (bicyclic) bond motifs is 1. The lowest BCUT2D eigenvalue weighted by atomic mass is 10.1. The van der Waals surface area contributed by atoms with Crippen molar-refractivity contribution in [3.05, 3.63) is 83.7 Å². The molecule has 6 nitrogen and oxygen atoms in total. The fraction of sp³-hybridized carbons (Fsp3) is 0.227. The normalized spacial score (nSPS) is 14.5. The third-order valence-electron chi connectivity index (χ3n) is 5.29. The van der Waals surface area contributed by atoms with Crippen LogP contribution in [0.1, 0.15) is 34.6 Å². The van der Waals surface area contributed by atoms with Crippen molar-refractivity contribution in [1.29, 1.82) is 0 Å². The molecule has 3 aromatic rings. The summed E-state index contributed by atoms with van der Waals surface area (Å²) in [4.78, 5) is 12.9. The van der Waals surface area contributed by atoms with Crippen molar-refractivity contribution < 1.29 is 13.2 Å². The Labute approximate surface area is 170 Å². The highest BCUT2D eigenvalue weighted by Gasteiger charge is 2.32. The van der Waals surface area contributed by atoms with Crippen LogP contribution in [0.15, 0.2) is 71.8 Å². The van der Waals surface area contributed by atoms with E-state index in [4.69, 9.17) is 0 Å². The number of para-hydroxylation sites is 1. The van der Waals surface area contributed by atoms with E-state index in [1.807, 2.05) is 61.5 Å². The fourth-order valence-electron chi connectivity index (χ4n) is 3.68. The number of rotatable bonds is 5. The minimum absolute atomic E-state index is 0.120. The number of aromatic nitrogens is 1. The quantitative estimate of drug-likeness (QED) is 0.703. The van der Waals surface area contributed by atoms with Crippen molar-refractivity contribution in [3.63, 3.8) is 0 Å². The average Bonchev–Trinajstić information content (AvgIpc) is 3.33. The van der Waals surface area contributed by atoms with Crippen LogP contribution in [0.5, 0.6) is 0 Å². The van der Waals surface area contributed by atoms with Crippen LogP contribution in [0.25, 0.3) is 0 Å². The molecule has 0 spiro atoms. The Bertz CT molecular complexity index is 1150. The van der Waals surface area contributed by atoms with E-state index in [2.05, 4.69) is 5.32 Å². The van der Waals surface area contributed by atoms with Gasteiger partial charge in [-0.2, -0.15) is 0 Å². The molecule has 0 radical (unpaired) electrons. The van der Waals surface area contributed by atoms with Gasteiger partial charge in [-0.25, -0.2) is 8.42 Å². The van der Waals surface area contributed by atoms with Crippen LogP contribution in [0.2, 0.25) is 0 Å². The van der Waals surface area contributed by atoms with Gasteiger partial charge < -0.3 is 9.88 Å². The van der Waals surface area contributed by atoms with E-state index in [-0.39, 0.29) is 16.8 Å². The van der Waals surface area contributed by atoms with Crippen molar-refractivity contribution in [2.75, 3.05) is 10.8 Å². The minimum atomic E-state index is -3.74. The van der Waals surface area contributed by atoms with Gasteiger partial charge in [0.05, 0.1) is 11.7 Å². The number of nitrogens with zero attached hydrogens (tertiary/aromatic N) is 2. The zero-order valence-corrected chi connectivity index (χ0v) is 17.2. The largest absolute Gasteiger partial charge is 0.345 e. The summed E-state index contributed by atoms with van der Waals surface area (Å²) in [5, 5.41) is 2.94. The fourth-order valence-corrected chi connectivity index (χ4v) is 5.26. The van der Waals surface area contributed by atoms with Crippen molar-refractivity contribution in [2.24, 2.45) is 7.05 Å². The molecule has 29 heavy (non-hydrogen) atoms. The van der Waals surface area contributed by atoms with E-state index in [1.165, 1.54) is 16.6 Å². The highest BCUT2D eigenvalue weighted by atomic mass is 32.2. The number of aryl methyl sites for hydroxylation is 1. The van der Waals surface area contributed by atoms with E-state index < -0.39 is 10.0 Å². The van der Waals surface area contributed by atoms with Crippen LogP contribution >= 0.6 is 0 Å². The molecule has 2 heterocycles. The van der Waals surface area contributed by atoms with Crippen molar-refractivity contribution in [1.82, 2.24) is 9.88 Å². The first-order valence-electron chi connectivity index (χ1n) is 9.51. The third-order valence-corrected chi connectivity index (χ3v) is 7.07. The SMILES string of the molecule is C[C@@H](NC(=O)c1cc(S(=O)(=O)N2CCc3ccccc32)cn1C)c1ccccc1. The smallest absolute Gasteiger partial charge is 0.268 e. The molecule has 7 heteroatoms. The molecule has 0 unspecified atom stereocenters. The topological polar surface area (TPSA) is 71.4 Å². The lowest BCUT2D eigenvalue weighted by Gasteiger charge is -2.18. The van der Waals surface area contributed by atoms with Gasteiger partial charge in [0.2, 0.25) is 0 Å². The Hall–Kier alpha value is -3.06. The molecule has 1 aliphatic heterocycles. The Morgan fingerprint density at radius 3 is 2.52 bits per heavy atom. The molecule has 4 rings (SSSR count). The summed E-state index contributed by atoms with van der Waals surface area (Å²) in [5.74, 6) is -0.313. The van der Waals surface area contributed by atoms with E-state index in [0.717, 1.165) is 11.1 Å². The van der Waals surface area contributed by atoms with E-state index in [1.54, 1.807) is 11.6 Å². The summed E-state index contributed by atoms with van der Waals surface area (Å²) < 4.78 is 29.4. The van der Waals surface area contributed by atoms with Gasteiger partial charge in [0.25, 0.3) is 15.9 Å². The van der Waals surface area contributed by atoms with Gasteiger partial charge >= 0.3 is 0 Å². The molecule has 0 saturated carbocycles. The molecule has 0 aliphatic carbocycles. The predicted octanol–water partition coefficient (Wildman–Crippen LogP) is 3.27. The lowest BCUT2D eigenvalue weighted by molar-refractivity contribution is 0.0931. The maximum Gasteiger partial charge on any atom is 0.268 e. The van der Waals surface area contributed by atoms with Gasteiger partial charge in [-0.05, 0) is 36.6 Å². The third kappa shape index (κ3) is 3.53. The second kappa shape index (κ2) is 7.40. The first-order chi connectivity index (χ1) is 13.9. The van der Waals surface area contributed by atoms with Gasteiger partial charge in [-0.1, -0.05) is 48.5 Å². The Kier molecular flexibility index (Phi) is 4.92. The Balaban J connectivity index is 1.59. The van der Waals surface area contributed by atoms with Gasteiger partial charge in [0, 0.05) is 19.8 Å². The molecule has 0 bridgehead atoms. The molecule has 1 aromatic heterocycles. The van der Waals surface area contributed by atoms with E-state index >= 15 is 0 Å². The van der Waals surface area contributed by atoms with E-state index in [0.29, 0.717) is 24.3 Å². The zero-order valence-electron chi connectivity index (χ0n) is 16.4. The number of hydrogen-bond acceptors (Lipinski definition) is 3. The average molecular weight is 410 g/mol. The summed E-state index contributed by atoms with van der Waals surface area (Å²) in [5.41, 5.74) is 3.01. The van der Waals surface area contributed by atoms with Gasteiger partial charge in [0.1, 0.15) is 10.6 Å². The number of nitrogens with one attached hydrogen (secondary N) is 1. The summed E-state index contributed by atoms with van der Waals surface area (Å²) in [7, 11) is -2.06. The van der Waals surface area contributed by atoms with Gasteiger partial charge in [-0.3, -0.25) is 9.10 Å². The standard InChI is InChI=1S/C22H23N3O3S/c1-16(17-8-4-3-5-9-17)23-22(26)21-14-19(15-24(21)2)29(27,28)25-13-12-18-10-6-7-11-20(18)25/h3-11,14-16H,12-13H2,1-2H3,(H,23,26)/t16-/m1/s1. The maximum absolute atomic E-state index is 13.2. The van der Waals surface area contributed by atoms with Crippen LogP contribution in [0.3, 0.4) is 0 Å². The van der Waals surface area contributed by atoms with Gasteiger partial charge in [0.15, 0.2) is 0 Å². The monoisotopic (exact) mass is 409 g/mol. The van der Waals surface area contributed by atoms with Crippen LogP contribution in [0, 0.1) is 0 Å². The predicted molar refractivity (Wildman–Crippen MR) is 112 cm³/mol. The molecule has 1 aliphatic rings. The minimum Gasteiger partial charge on any atom is -0.345 e. The molecule has 0 fully saturated rings. The second-order valence-corrected chi connectivity index (χ2v) is 9.10. The first-order valence-corrected chi connectivity index (χ1v) is 10.9. The Morgan fingerprint density at radius 1 is 1.07 bits per heavy atom. The highest BCUT2D eigenvalue weighted by Crippen LogP contribution is 2.33. The summed E-state index contributed by atoms with van der Waals surface area (Å²) in [6.07, 6.45) is 2.18. The van der Waals surface area contributed by atoms with Crippen LogP contribution in [-0.4, -0.2) is 25.4 Å². The molecule has 1 atom stereocenters. The van der Waals surface area contributed by atoms with Crippen LogP contribution in [-0.2, 0) is 23.5 Å². The zero-order chi connectivity index (χ0) is 20.6. The molecular weight excluding hydrogens is 386 g/mol. The molecular formula is C22H23N3O3S. The molecule has 1 amide bonds. The summed E-state index contributed by atoms with van der Waals surface area (Å²) >= 11 is 0. The van der Waals surface area contributed by atoms with Crippen LogP contribution in [0.4, 0.5) is 5.69 Å². The van der Waals surface area contributed by atoms with Crippen LogP contribution < -0.4 is 9.62 Å². The second-order valence-electron chi connectivity index (χ2n) is 7.23. The van der Waals surface area contributed by atoms with Crippen molar-refractivity contribution in [3.8, 4) is 0 Å². The molecule has 2 aromatic carbocycles. The molecule has 1 N–H and O–H groups in total. The van der Waals surface area contributed by atoms with E-state index in [9.17, 15) is 13.2 Å². The summed E-state index contributed by atoms with van der Waals surface area (Å²) in [6, 6.07) is 18.4. The number of benzene rings is 2. The van der Waals surface area contributed by atoms with Crippen molar-refractivity contribution in [2.45, 2.75) is 24.3 Å². The highest BCUT2D eigenvalue weighted by molar-refractivity contribution is 7.92. The number of carbonyl (C=O) groups is 1. The molecule has 0 saturated heterocycles. The number of anilines is 1. The number of sulfonamides is 1. The number of carbonyl (C=O) groups excluding carboxylic acids is 1. The summed E-state index contributed by atoms with van der Waals surface area (Å²) in [6.45, 7) is 2.30. The molecule has 150 valence electrons. The maximum atomic E-state index is 13.2. The number of amides is 1.